The van der Waals surface area contributed by atoms with E-state index in [0.717, 1.165) is 32.1 Å². The van der Waals surface area contributed by atoms with Crippen LogP contribution in [-0.4, -0.2) is 13.2 Å². The van der Waals surface area contributed by atoms with Gasteiger partial charge in [-0.3, -0.25) is 0 Å². The van der Waals surface area contributed by atoms with E-state index in [2.05, 4.69) is 0 Å². The van der Waals surface area contributed by atoms with Crippen molar-refractivity contribution in [3.8, 4) is 0 Å². The summed E-state index contributed by atoms with van der Waals surface area (Å²) >= 11 is 0. The van der Waals surface area contributed by atoms with Crippen molar-refractivity contribution >= 4 is 9.84 Å². The Morgan fingerprint density at radius 2 is 1.65 bits per heavy atom. The van der Waals surface area contributed by atoms with Crippen molar-refractivity contribution in [2.75, 3.05) is 0 Å². The molecule has 0 unspecified atom stereocenters. The van der Waals surface area contributed by atoms with Crippen LogP contribution in [0.3, 0.4) is 0 Å². The van der Waals surface area contributed by atoms with Crippen LogP contribution in [0.15, 0.2) is 35.2 Å². The zero-order valence-electron chi connectivity index (χ0n) is 9.93. The van der Waals surface area contributed by atoms with E-state index >= 15 is 0 Å². The summed E-state index contributed by atoms with van der Waals surface area (Å²) in [6.45, 7) is 0. The van der Waals surface area contributed by atoms with Gasteiger partial charge < -0.3 is 0 Å². The SMILES string of the molecule is O=S(=O)(c1ccccc1)C1(C2CCC2)CCC1. The minimum atomic E-state index is -3.12. The normalized spacial score (nSPS) is 23.8. The minimum absolute atomic E-state index is 0.410. The Morgan fingerprint density at radius 1 is 1.00 bits per heavy atom. The van der Waals surface area contributed by atoms with Crippen LogP contribution in [0.4, 0.5) is 0 Å². The first-order valence-electron chi connectivity index (χ1n) is 6.46. The topological polar surface area (TPSA) is 34.1 Å². The summed E-state index contributed by atoms with van der Waals surface area (Å²) in [7, 11) is -3.12. The average Bonchev–Trinajstić information content (AvgIpc) is 2.21. The first-order chi connectivity index (χ1) is 8.17. The Hall–Kier alpha value is -0.830. The molecule has 0 saturated heterocycles. The average molecular weight is 250 g/mol. The molecule has 2 aliphatic rings. The molecule has 1 aromatic carbocycles. The summed E-state index contributed by atoms with van der Waals surface area (Å²) in [6, 6.07) is 9.00. The molecular formula is C14H18O2S. The molecule has 0 atom stereocenters. The van der Waals surface area contributed by atoms with E-state index in [1.54, 1.807) is 12.1 Å². The van der Waals surface area contributed by atoms with Crippen molar-refractivity contribution in [3.63, 3.8) is 0 Å². The molecule has 2 fully saturated rings. The summed E-state index contributed by atoms with van der Waals surface area (Å²) in [5, 5.41) is 0. The molecule has 0 aromatic heterocycles. The van der Waals surface area contributed by atoms with E-state index in [1.807, 2.05) is 18.2 Å². The summed E-state index contributed by atoms with van der Waals surface area (Å²) < 4.78 is 25.1. The zero-order chi connectivity index (χ0) is 11.9. The lowest BCUT2D eigenvalue weighted by Gasteiger charge is -2.50. The molecular weight excluding hydrogens is 232 g/mol. The summed E-state index contributed by atoms with van der Waals surface area (Å²) in [6.07, 6.45) is 6.22. The largest absolute Gasteiger partial charge is 0.223 e. The van der Waals surface area contributed by atoms with Gasteiger partial charge in [0.25, 0.3) is 0 Å². The predicted molar refractivity (Wildman–Crippen MR) is 67.6 cm³/mol. The highest BCUT2D eigenvalue weighted by molar-refractivity contribution is 7.93. The van der Waals surface area contributed by atoms with Gasteiger partial charge in [0.1, 0.15) is 0 Å². The molecule has 0 amide bonds. The molecule has 0 radical (unpaired) electrons. The van der Waals surface area contributed by atoms with E-state index < -0.39 is 14.6 Å². The highest BCUT2D eigenvalue weighted by atomic mass is 32.2. The Labute approximate surface area is 103 Å². The fourth-order valence-corrected chi connectivity index (χ4v) is 5.68. The third kappa shape index (κ3) is 1.48. The maximum atomic E-state index is 12.8. The lowest BCUT2D eigenvalue weighted by atomic mass is 9.66. The predicted octanol–water partition coefficient (Wildman–Crippen LogP) is 3.18. The van der Waals surface area contributed by atoms with Gasteiger partial charge in [-0.15, -0.1) is 0 Å². The minimum Gasteiger partial charge on any atom is -0.223 e. The molecule has 2 saturated carbocycles. The molecule has 0 heterocycles. The lowest BCUT2D eigenvalue weighted by molar-refractivity contribution is 0.153. The molecule has 0 aliphatic heterocycles. The van der Waals surface area contributed by atoms with Gasteiger partial charge in [0.15, 0.2) is 9.84 Å². The van der Waals surface area contributed by atoms with Crippen LogP contribution >= 0.6 is 0 Å². The van der Waals surface area contributed by atoms with Gasteiger partial charge in [0, 0.05) is 0 Å². The van der Waals surface area contributed by atoms with E-state index in [4.69, 9.17) is 0 Å². The molecule has 1 aromatic rings. The van der Waals surface area contributed by atoms with Crippen molar-refractivity contribution in [2.24, 2.45) is 5.92 Å². The Bertz CT molecular complexity index is 496. The quantitative estimate of drug-likeness (QED) is 0.825. The van der Waals surface area contributed by atoms with Crippen molar-refractivity contribution in [2.45, 2.75) is 48.2 Å². The van der Waals surface area contributed by atoms with Crippen molar-refractivity contribution in [1.82, 2.24) is 0 Å². The molecule has 0 N–H and O–H groups in total. The second-order valence-corrected chi connectivity index (χ2v) is 7.65. The summed E-state index contributed by atoms with van der Waals surface area (Å²) in [5.41, 5.74) is 0. The molecule has 17 heavy (non-hydrogen) atoms. The second-order valence-electron chi connectivity index (χ2n) is 5.36. The van der Waals surface area contributed by atoms with E-state index in [1.165, 1.54) is 6.42 Å². The molecule has 3 rings (SSSR count). The molecule has 2 aliphatic carbocycles. The number of hydrogen-bond donors (Lipinski definition) is 0. The van der Waals surface area contributed by atoms with Crippen LogP contribution in [0.25, 0.3) is 0 Å². The Kier molecular flexibility index (Phi) is 2.54. The first-order valence-corrected chi connectivity index (χ1v) is 7.95. The van der Waals surface area contributed by atoms with Crippen molar-refractivity contribution < 1.29 is 8.42 Å². The van der Waals surface area contributed by atoms with Crippen molar-refractivity contribution in [1.29, 1.82) is 0 Å². The third-order valence-corrected chi connectivity index (χ3v) is 7.34. The highest BCUT2D eigenvalue weighted by Gasteiger charge is 2.55. The fraction of sp³-hybridized carbons (Fsp3) is 0.571. The monoisotopic (exact) mass is 250 g/mol. The number of sulfone groups is 1. The summed E-state index contributed by atoms with van der Waals surface area (Å²) in [5.74, 6) is 0.418. The maximum absolute atomic E-state index is 12.8. The molecule has 0 spiro atoms. The van der Waals surface area contributed by atoms with Crippen LogP contribution in [0.2, 0.25) is 0 Å². The molecule has 3 heteroatoms. The Balaban J connectivity index is 2.02. The van der Waals surface area contributed by atoms with E-state index in [-0.39, 0.29) is 0 Å². The first kappa shape index (κ1) is 11.3. The lowest BCUT2D eigenvalue weighted by Crippen LogP contribution is -2.53. The van der Waals surface area contributed by atoms with E-state index in [0.29, 0.717) is 10.8 Å². The Morgan fingerprint density at radius 3 is 2.06 bits per heavy atom. The smallest absolute Gasteiger partial charge is 0.184 e. The number of hydrogen-bond acceptors (Lipinski definition) is 2. The van der Waals surface area contributed by atoms with Gasteiger partial charge in [0.05, 0.1) is 9.64 Å². The van der Waals surface area contributed by atoms with Gasteiger partial charge in [-0.25, -0.2) is 8.42 Å². The highest BCUT2D eigenvalue weighted by Crippen LogP contribution is 2.54. The van der Waals surface area contributed by atoms with Gasteiger partial charge in [-0.1, -0.05) is 31.0 Å². The third-order valence-electron chi connectivity index (χ3n) is 4.64. The second kappa shape index (κ2) is 3.84. The molecule has 92 valence electrons. The molecule has 0 bridgehead atoms. The fourth-order valence-electron chi connectivity index (χ4n) is 3.19. The van der Waals surface area contributed by atoms with Crippen LogP contribution < -0.4 is 0 Å². The number of rotatable bonds is 3. The molecule has 2 nitrogen and oxygen atoms in total. The zero-order valence-corrected chi connectivity index (χ0v) is 10.7. The van der Waals surface area contributed by atoms with Gasteiger partial charge in [-0.2, -0.15) is 0 Å². The van der Waals surface area contributed by atoms with Crippen LogP contribution in [-0.2, 0) is 9.84 Å². The van der Waals surface area contributed by atoms with Crippen LogP contribution in [0.1, 0.15) is 38.5 Å². The summed E-state index contributed by atoms with van der Waals surface area (Å²) in [4.78, 5) is 0.520. The van der Waals surface area contributed by atoms with Gasteiger partial charge >= 0.3 is 0 Å². The maximum Gasteiger partial charge on any atom is 0.184 e. The number of benzene rings is 1. The van der Waals surface area contributed by atoms with Crippen molar-refractivity contribution in [3.05, 3.63) is 30.3 Å². The van der Waals surface area contributed by atoms with Gasteiger partial charge in [-0.05, 0) is 43.7 Å². The van der Waals surface area contributed by atoms with E-state index in [9.17, 15) is 8.42 Å². The van der Waals surface area contributed by atoms with Gasteiger partial charge in [0.2, 0.25) is 0 Å². The van der Waals surface area contributed by atoms with Crippen LogP contribution in [0, 0.1) is 5.92 Å². The standard InChI is InChI=1S/C14H18O2S/c15-17(16,13-8-2-1-3-9-13)14(10-5-11-14)12-6-4-7-12/h1-3,8-9,12H,4-7,10-11H2. The van der Waals surface area contributed by atoms with Crippen LogP contribution in [0.5, 0.6) is 0 Å².